The van der Waals surface area contributed by atoms with Crippen LogP contribution in [0.15, 0.2) is 29.1 Å². The maximum Gasteiger partial charge on any atom is 0.259 e. The number of aromatic amines is 1. The largest absolute Gasteiger partial charge is 0.378 e. The van der Waals surface area contributed by atoms with Crippen LogP contribution in [0, 0.1) is 6.92 Å². The van der Waals surface area contributed by atoms with Crippen LogP contribution >= 0.6 is 11.3 Å². The fraction of sp³-hybridized carbons (Fsp3) is 0.333. The second-order valence-corrected chi connectivity index (χ2v) is 7.21. The quantitative estimate of drug-likeness (QED) is 0.770. The Kier molecular flexibility index (Phi) is 3.65. The predicted molar refractivity (Wildman–Crippen MR) is 95.4 cm³/mol. The van der Waals surface area contributed by atoms with Crippen LogP contribution in [0.2, 0.25) is 0 Å². The third-order valence-electron chi connectivity index (χ3n) is 4.39. The van der Waals surface area contributed by atoms with Gasteiger partial charge in [0.25, 0.3) is 5.56 Å². The minimum Gasteiger partial charge on any atom is -0.378 e. The van der Waals surface area contributed by atoms with E-state index in [-0.39, 0.29) is 5.56 Å². The Balaban J connectivity index is 1.63. The lowest BCUT2D eigenvalue weighted by Crippen LogP contribution is -2.15. The summed E-state index contributed by atoms with van der Waals surface area (Å²) in [4.78, 5) is 22.3. The number of benzene rings is 1. The predicted octanol–water partition coefficient (Wildman–Crippen LogP) is 3.78. The molecule has 0 amide bonds. The van der Waals surface area contributed by atoms with Gasteiger partial charge in [-0.3, -0.25) is 4.79 Å². The first-order chi connectivity index (χ1) is 11.2. The number of fused-ring (bicyclic) bond motifs is 3. The highest BCUT2D eigenvalue weighted by atomic mass is 32.1. The molecule has 3 aromatic rings. The zero-order chi connectivity index (χ0) is 15.8. The summed E-state index contributed by atoms with van der Waals surface area (Å²) in [6.07, 6.45) is 4.50. The standard InChI is InChI=1S/C18H19N3OS/c1-11-6-8-12(9-7-11)19-10-15-20-17(22)16-13-4-2-3-5-14(13)23-18(16)21-15/h6-9,19H,2-5,10H2,1H3,(H,20,21,22). The van der Waals surface area contributed by atoms with Crippen molar-refractivity contribution in [3.05, 3.63) is 56.4 Å². The van der Waals surface area contributed by atoms with Crippen LogP contribution in [-0.4, -0.2) is 9.97 Å². The molecule has 118 valence electrons. The van der Waals surface area contributed by atoms with E-state index in [9.17, 15) is 4.79 Å². The lowest BCUT2D eigenvalue weighted by molar-refractivity contribution is 0.700. The average molecular weight is 325 g/mol. The van der Waals surface area contributed by atoms with E-state index in [1.807, 2.05) is 12.1 Å². The summed E-state index contributed by atoms with van der Waals surface area (Å²) in [5.74, 6) is 0.696. The molecular weight excluding hydrogens is 306 g/mol. The van der Waals surface area contributed by atoms with Crippen LogP contribution in [0.4, 0.5) is 5.69 Å². The van der Waals surface area contributed by atoms with Crippen molar-refractivity contribution in [2.75, 3.05) is 5.32 Å². The second kappa shape index (κ2) is 5.81. The molecule has 23 heavy (non-hydrogen) atoms. The van der Waals surface area contributed by atoms with Crippen molar-refractivity contribution in [3.63, 3.8) is 0 Å². The number of thiophene rings is 1. The van der Waals surface area contributed by atoms with E-state index in [2.05, 4.69) is 34.3 Å². The Morgan fingerprint density at radius 2 is 2.00 bits per heavy atom. The van der Waals surface area contributed by atoms with Crippen LogP contribution < -0.4 is 10.9 Å². The molecule has 0 atom stereocenters. The van der Waals surface area contributed by atoms with Gasteiger partial charge in [-0.2, -0.15) is 0 Å². The number of nitrogens with one attached hydrogen (secondary N) is 2. The number of nitrogens with zero attached hydrogens (tertiary/aromatic N) is 1. The molecule has 0 unspecified atom stereocenters. The maximum absolute atomic E-state index is 12.5. The Hall–Kier alpha value is -2.14. The van der Waals surface area contributed by atoms with Gasteiger partial charge in [0.1, 0.15) is 10.7 Å². The molecule has 4 nitrogen and oxygen atoms in total. The number of anilines is 1. The molecule has 1 aromatic carbocycles. The summed E-state index contributed by atoms with van der Waals surface area (Å²) in [7, 11) is 0. The lowest BCUT2D eigenvalue weighted by atomic mass is 9.97. The van der Waals surface area contributed by atoms with Crippen molar-refractivity contribution in [2.24, 2.45) is 0 Å². The van der Waals surface area contributed by atoms with Crippen LogP contribution in [0.25, 0.3) is 10.2 Å². The minimum absolute atomic E-state index is 0.00936. The molecule has 1 aliphatic carbocycles. The van der Waals surface area contributed by atoms with Gasteiger partial charge in [0.15, 0.2) is 0 Å². The van der Waals surface area contributed by atoms with Crippen molar-refractivity contribution in [1.82, 2.24) is 9.97 Å². The van der Waals surface area contributed by atoms with Gasteiger partial charge in [-0.25, -0.2) is 4.98 Å². The van der Waals surface area contributed by atoms with Crippen LogP contribution in [0.5, 0.6) is 0 Å². The average Bonchev–Trinajstić information content (AvgIpc) is 2.93. The van der Waals surface area contributed by atoms with E-state index in [1.165, 1.54) is 28.8 Å². The molecule has 0 saturated carbocycles. The zero-order valence-corrected chi connectivity index (χ0v) is 13.9. The summed E-state index contributed by atoms with van der Waals surface area (Å²) in [6, 6.07) is 8.20. The third kappa shape index (κ3) is 2.77. The van der Waals surface area contributed by atoms with Crippen molar-refractivity contribution >= 4 is 27.2 Å². The maximum atomic E-state index is 12.5. The third-order valence-corrected chi connectivity index (χ3v) is 5.57. The van der Waals surface area contributed by atoms with Crippen molar-refractivity contribution in [1.29, 1.82) is 0 Å². The zero-order valence-electron chi connectivity index (χ0n) is 13.1. The Morgan fingerprint density at radius 1 is 1.22 bits per heavy atom. The van der Waals surface area contributed by atoms with Crippen molar-refractivity contribution in [3.8, 4) is 0 Å². The van der Waals surface area contributed by atoms with Gasteiger partial charge < -0.3 is 10.3 Å². The molecule has 0 fully saturated rings. The number of aryl methyl sites for hydroxylation is 3. The molecule has 2 aromatic heterocycles. The van der Waals surface area contributed by atoms with E-state index >= 15 is 0 Å². The molecule has 0 spiro atoms. The molecule has 1 aliphatic rings. The second-order valence-electron chi connectivity index (χ2n) is 6.12. The first kappa shape index (κ1) is 14.5. The van der Waals surface area contributed by atoms with Crippen LogP contribution in [-0.2, 0) is 19.4 Å². The molecule has 0 saturated heterocycles. The van der Waals surface area contributed by atoms with Gasteiger partial charge in [-0.05, 0) is 50.3 Å². The number of hydrogen-bond acceptors (Lipinski definition) is 4. The molecule has 0 aliphatic heterocycles. The van der Waals surface area contributed by atoms with E-state index in [4.69, 9.17) is 0 Å². The van der Waals surface area contributed by atoms with E-state index in [0.29, 0.717) is 12.4 Å². The Bertz CT molecular complexity index is 908. The van der Waals surface area contributed by atoms with Gasteiger partial charge >= 0.3 is 0 Å². The van der Waals surface area contributed by atoms with E-state index in [1.54, 1.807) is 11.3 Å². The molecular formula is C18H19N3OS. The Morgan fingerprint density at radius 3 is 2.83 bits per heavy atom. The monoisotopic (exact) mass is 325 g/mol. The van der Waals surface area contributed by atoms with Crippen LogP contribution in [0.3, 0.4) is 0 Å². The topological polar surface area (TPSA) is 57.8 Å². The first-order valence-electron chi connectivity index (χ1n) is 8.05. The normalized spacial score (nSPS) is 14.0. The summed E-state index contributed by atoms with van der Waals surface area (Å²) < 4.78 is 0. The summed E-state index contributed by atoms with van der Waals surface area (Å²) in [6.45, 7) is 2.59. The van der Waals surface area contributed by atoms with Crippen molar-refractivity contribution < 1.29 is 0 Å². The number of rotatable bonds is 3. The highest BCUT2D eigenvalue weighted by Gasteiger charge is 2.19. The fourth-order valence-electron chi connectivity index (χ4n) is 3.15. The molecule has 2 heterocycles. The van der Waals surface area contributed by atoms with Gasteiger partial charge in [0.05, 0.1) is 11.9 Å². The number of H-pyrrole nitrogens is 1. The van der Waals surface area contributed by atoms with Crippen molar-refractivity contribution in [2.45, 2.75) is 39.2 Å². The van der Waals surface area contributed by atoms with E-state index in [0.717, 1.165) is 28.7 Å². The first-order valence-corrected chi connectivity index (χ1v) is 8.86. The molecule has 2 N–H and O–H groups in total. The van der Waals surface area contributed by atoms with Gasteiger partial charge in [0.2, 0.25) is 0 Å². The fourth-order valence-corrected chi connectivity index (χ4v) is 4.43. The summed E-state index contributed by atoms with van der Waals surface area (Å²) in [5, 5.41) is 4.14. The van der Waals surface area contributed by atoms with Gasteiger partial charge in [-0.15, -0.1) is 11.3 Å². The molecule has 0 radical (unpaired) electrons. The van der Waals surface area contributed by atoms with E-state index < -0.39 is 0 Å². The van der Waals surface area contributed by atoms with Gasteiger partial charge in [-0.1, -0.05) is 17.7 Å². The SMILES string of the molecule is Cc1ccc(NCc2nc3sc4c(c3c(=O)[nH]2)CCCC4)cc1. The lowest BCUT2D eigenvalue weighted by Gasteiger charge is -2.09. The summed E-state index contributed by atoms with van der Waals surface area (Å²) >= 11 is 1.69. The smallest absolute Gasteiger partial charge is 0.259 e. The Labute approximate surface area is 138 Å². The molecule has 5 heteroatoms. The summed E-state index contributed by atoms with van der Waals surface area (Å²) in [5.41, 5.74) is 3.51. The number of hydrogen-bond donors (Lipinski definition) is 2. The minimum atomic E-state index is 0.00936. The highest BCUT2D eigenvalue weighted by Crippen LogP contribution is 2.33. The van der Waals surface area contributed by atoms with Gasteiger partial charge in [0, 0.05) is 10.6 Å². The highest BCUT2D eigenvalue weighted by molar-refractivity contribution is 7.18. The molecule has 4 rings (SSSR count). The number of aromatic nitrogens is 2. The van der Waals surface area contributed by atoms with Crippen LogP contribution in [0.1, 0.15) is 34.7 Å². The molecule has 0 bridgehead atoms.